The van der Waals surface area contributed by atoms with E-state index < -0.39 is 0 Å². The topological polar surface area (TPSA) is 55.4 Å². The van der Waals surface area contributed by atoms with Crippen molar-refractivity contribution in [2.75, 3.05) is 12.4 Å². The lowest BCUT2D eigenvalue weighted by Crippen LogP contribution is -2.14. The number of methoxy groups -OCH3 is 1. The van der Waals surface area contributed by atoms with Gasteiger partial charge in [-0.05, 0) is 49.3 Å². The summed E-state index contributed by atoms with van der Waals surface area (Å²) >= 11 is 1.49. The lowest BCUT2D eigenvalue weighted by molar-refractivity contribution is -0.111. The van der Waals surface area contributed by atoms with Crippen molar-refractivity contribution in [3.8, 4) is 0 Å². The third kappa shape index (κ3) is 4.05. The second kappa shape index (κ2) is 7.87. The zero-order chi connectivity index (χ0) is 18.7. The highest BCUT2D eigenvalue weighted by molar-refractivity contribution is 7.17. The van der Waals surface area contributed by atoms with Crippen molar-refractivity contribution in [2.24, 2.45) is 5.92 Å². The van der Waals surface area contributed by atoms with Gasteiger partial charge in [0.05, 0.1) is 12.7 Å². The molecule has 0 spiro atoms. The Morgan fingerprint density at radius 2 is 2.00 bits per heavy atom. The van der Waals surface area contributed by atoms with Gasteiger partial charge in [-0.1, -0.05) is 36.8 Å². The average Bonchev–Trinajstić information content (AvgIpc) is 2.97. The molecule has 0 saturated heterocycles. The fourth-order valence-corrected chi connectivity index (χ4v) is 4.56. The normalized spacial score (nSPS) is 16.3. The van der Waals surface area contributed by atoms with Crippen LogP contribution in [0.4, 0.5) is 5.00 Å². The molecule has 1 aliphatic rings. The van der Waals surface area contributed by atoms with Gasteiger partial charge in [0.25, 0.3) is 0 Å². The fourth-order valence-electron chi connectivity index (χ4n) is 3.16. The van der Waals surface area contributed by atoms with Crippen LogP contribution < -0.4 is 5.32 Å². The van der Waals surface area contributed by atoms with Crippen molar-refractivity contribution >= 4 is 34.3 Å². The van der Waals surface area contributed by atoms with E-state index in [9.17, 15) is 9.59 Å². The summed E-state index contributed by atoms with van der Waals surface area (Å²) < 4.78 is 4.95. The van der Waals surface area contributed by atoms with E-state index >= 15 is 0 Å². The third-order valence-electron chi connectivity index (χ3n) is 4.64. The van der Waals surface area contributed by atoms with Crippen LogP contribution in [0.25, 0.3) is 6.08 Å². The SMILES string of the molecule is COC(=O)c1c(NC(=O)/C=C/c2ccc(C)cc2)sc2c1CCC(C)C2. The third-order valence-corrected chi connectivity index (χ3v) is 5.81. The van der Waals surface area contributed by atoms with Gasteiger partial charge in [-0.2, -0.15) is 0 Å². The molecular weight excluding hydrogens is 346 g/mol. The first-order valence-corrected chi connectivity index (χ1v) is 9.58. The maximum Gasteiger partial charge on any atom is 0.341 e. The van der Waals surface area contributed by atoms with E-state index in [0.717, 1.165) is 30.4 Å². The molecule has 1 aromatic heterocycles. The second-order valence-electron chi connectivity index (χ2n) is 6.78. The van der Waals surface area contributed by atoms with Crippen LogP contribution in [0, 0.1) is 12.8 Å². The lowest BCUT2D eigenvalue weighted by Gasteiger charge is -2.18. The first-order valence-electron chi connectivity index (χ1n) is 8.76. The number of anilines is 1. The number of ether oxygens (including phenoxy) is 1. The van der Waals surface area contributed by atoms with Crippen LogP contribution in [-0.2, 0) is 22.4 Å². The van der Waals surface area contributed by atoms with E-state index in [1.165, 1.54) is 35.0 Å². The van der Waals surface area contributed by atoms with Gasteiger partial charge >= 0.3 is 5.97 Å². The lowest BCUT2D eigenvalue weighted by atomic mass is 9.88. The molecular formula is C21H23NO3S. The molecule has 1 unspecified atom stereocenters. The average molecular weight is 369 g/mol. The minimum atomic E-state index is -0.380. The summed E-state index contributed by atoms with van der Waals surface area (Å²) in [6.45, 7) is 4.23. The molecule has 4 nitrogen and oxygen atoms in total. The Morgan fingerprint density at radius 1 is 1.27 bits per heavy atom. The number of carbonyl (C=O) groups excluding carboxylic acids is 2. The summed E-state index contributed by atoms with van der Waals surface area (Å²) in [5, 5.41) is 3.46. The minimum Gasteiger partial charge on any atom is -0.465 e. The summed E-state index contributed by atoms with van der Waals surface area (Å²) in [6, 6.07) is 7.93. The van der Waals surface area contributed by atoms with Gasteiger partial charge in [-0.25, -0.2) is 4.79 Å². The van der Waals surface area contributed by atoms with Crippen molar-refractivity contribution in [1.29, 1.82) is 0 Å². The van der Waals surface area contributed by atoms with E-state index in [2.05, 4.69) is 12.2 Å². The quantitative estimate of drug-likeness (QED) is 0.632. The van der Waals surface area contributed by atoms with Crippen LogP contribution in [0.1, 0.15) is 45.3 Å². The first kappa shape index (κ1) is 18.4. The van der Waals surface area contributed by atoms with Crippen LogP contribution in [0.2, 0.25) is 0 Å². The highest BCUT2D eigenvalue weighted by atomic mass is 32.1. The van der Waals surface area contributed by atoms with Gasteiger partial charge in [0.1, 0.15) is 5.00 Å². The van der Waals surface area contributed by atoms with Gasteiger partial charge in [-0.3, -0.25) is 4.79 Å². The molecule has 0 fully saturated rings. The fraction of sp³-hybridized carbons (Fsp3) is 0.333. The van der Waals surface area contributed by atoms with Crippen molar-refractivity contribution in [2.45, 2.75) is 33.1 Å². The molecule has 0 bridgehead atoms. The molecule has 1 heterocycles. The van der Waals surface area contributed by atoms with Crippen molar-refractivity contribution in [3.05, 3.63) is 57.5 Å². The molecule has 26 heavy (non-hydrogen) atoms. The zero-order valence-electron chi connectivity index (χ0n) is 15.3. The molecule has 1 N–H and O–H groups in total. The highest BCUT2D eigenvalue weighted by Crippen LogP contribution is 2.40. The largest absolute Gasteiger partial charge is 0.465 e. The summed E-state index contributed by atoms with van der Waals surface area (Å²) in [5.74, 6) is -0.0335. The standard InChI is InChI=1S/C21H23NO3S/c1-13-4-7-15(8-5-13)9-11-18(23)22-20-19(21(24)25-3)16-10-6-14(2)12-17(16)26-20/h4-5,7-9,11,14H,6,10,12H2,1-3H3,(H,22,23)/b11-9+. The van der Waals surface area contributed by atoms with Crippen LogP contribution in [0.3, 0.4) is 0 Å². The van der Waals surface area contributed by atoms with E-state index in [4.69, 9.17) is 4.74 Å². The number of fused-ring (bicyclic) bond motifs is 1. The smallest absolute Gasteiger partial charge is 0.341 e. The highest BCUT2D eigenvalue weighted by Gasteiger charge is 2.28. The summed E-state index contributed by atoms with van der Waals surface area (Å²) in [6.07, 6.45) is 6.11. The Morgan fingerprint density at radius 3 is 2.69 bits per heavy atom. The minimum absolute atomic E-state index is 0.248. The van der Waals surface area contributed by atoms with Gasteiger partial charge in [0, 0.05) is 11.0 Å². The van der Waals surface area contributed by atoms with E-state index in [-0.39, 0.29) is 11.9 Å². The molecule has 5 heteroatoms. The van der Waals surface area contributed by atoms with Crippen molar-refractivity contribution < 1.29 is 14.3 Å². The number of esters is 1. The molecule has 0 aliphatic heterocycles. The van der Waals surface area contributed by atoms with E-state index in [0.29, 0.717) is 16.5 Å². The number of thiophene rings is 1. The van der Waals surface area contributed by atoms with Gasteiger partial charge in [0.15, 0.2) is 0 Å². The Bertz CT molecular complexity index is 849. The van der Waals surface area contributed by atoms with Crippen LogP contribution in [-0.4, -0.2) is 19.0 Å². The first-order chi connectivity index (χ1) is 12.5. The molecule has 0 saturated carbocycles. The summed E-state index contributed by atoms with van der Waals surface area (Å²) in [7, 11) is 1.38. The maximum atomic E-state index is 12.3. The number of hydrogen-bond acceptors (Lipinski definition) is 4. The van der Waals surface area contributed by atoms with E-state index in [1.54, 1.807) is 6.08 Å². The second-order valence-corrected chi connectivity index (χ2v) is 7.89. The molecule has 2 aromatic rings. The number of carbonyl (C=O) groups is 2. The molecule has 3 rings (SSSR count). The number of hydrogen-bond donors (Lipinski definition) is 1. The number of aryl methyl sites for hydroxylation is 1. The van der Waals surface area contributed by atoms with E-state index in [1.807, 2.05) is 31.2 Å². The number of amides is 1. The van der Waals surface area contributed by atoms with Gasteiger partial charge in [0.2, 0.25) is 5.91 Å². The Balaban J connectivity index is 1.81. The predicted molar refractivity (Wildman–Crippen MR) is 106 cm³/mol. The molecule has 0 radical (unpaired) electrons. The van der Waals surface area contributed by atoms with Crippen molar-refractivity contribution in [3.63, 3.8) is 0 Å². The van der Waals surface area contributed by atoms with Crippen LogP contribution in [0.5, 0.6) is 0 Å². The number of nitrogens with one attached hydrogen (secondary N) is 1. The van der Waals surface area contributed by atoms with Gasteiger partial charge in [-0.15, -0.1) is 11.3 Å². The van der Waals surface area contributed by atoms with Crippen molar-refractivity contribution in [1.82, 2.24) is 0 Å². The molecule has 1 aliphatic carbocycles. The Kier molecular flexibility index (Phi) is 5.57. The summed E-state index contributed by atoms with van der Waals surface area (Å²) in [5.41, 5.74) is 3.69. The number of benzene rings is 1. The monoisotopic (exact) mass is 369 g/mol. The Hall–Kier alpha value is -2.40. The predicted octanol–water partition coefficient (Wildman–Crippen LogP) is 4.62. The van der Waals surface area contributed by atoms with Crippen LogP contribution >= 0.6 is 11.3 Å². The number of rotatable bonds is 4. The molecule has 1 aromatic carbocycles. The summed E-state index contributed by atoms with van der Waals surface area (Å²) in [4.78, 5) is 25.8. The van der Waals surface area contributed by atoms with Crippen LogP contribution in [0.15, 0.2) is 30.3 Å². The molecule has 1 amide bonds. The molecule has 1 atom stereocenters. The zero-order valence-corrected chi connectivity index (χ0v) is 16.1. The maximum absolute atomic E-state index is 12.3. The van der Waals surface area contributed by atoms with Gasteiger partial charge < -0.3 is 10.1 Å². The Labute approximate surface area is 157 Å². The molecule has 136 valence electrons.